The fraction of sp³-hybridized carbons (Fsp3) is 0.286. The van der Waals surface area contributed by atoms with Gasteiger partial charge in [-0.1, -0.05) is 12.1 Å². The van der Waals surface area contributed by atoms with Gasteiger partial charge in [0.15, 0.2) is 5.69 Å². The smallest absolute Gasteiger partial charge is 0.358 e. The van der Waals surface area contributed by atoms with Gasteiger partial charge in [-0.05, 0) is 24.6 Å². The Morgan fingerprint density at radius 3 is 2.75 bits per heavy atom. The molecule has 6 heteroatoms. The summed E-state index contributed by atoms with van der Waals surface area (Å²) in [6.07, 6.45) is 0. The van der Waals surface area contributed by atoms with E-state index >= 15 is 0 Å². The van der Waals surface area contributed by atoms with Gasteiger partial charge in [-0.15, -0.1) is 0 Å². The minimum absolute atomic E-state index is 0.260. The van der Waals surface area contributed by atoms with Crippen LogP contribution >= 0.6 is 0 Å². The molecule has 20 heavy (non-hydrogen) atoms. The van der Waals surface area contributed by atoms with E-state index in [2.05, 4.69) is 10.4 Å². The van der Waals surface area contributed by atoms with Gasteiger partial charge in [0.25, 0.3) is 0 Å². The van der Waals surface area contributed by atoms with Crippen LogP contribution in [0, 0.1) is 5.82 Å². The maximum Gasteiger partial charge on any atom is 0.358 e. The number of carbonyl (C=O) groups excluding carboxylic acids is 1. The highest BCUT2D eigenvalue weighted by Gasteiger charge is 2.13. The highest BCUT2D eigenvalue weighted by Crippen LogP contribution is 2.12. The van der Waals surface area contributed by atoms with Crippen LogP contribution < -0.4 is 5.32 Å². The van der Waals surface area contributed by atoms with Gasteiger partial charge in [-0.25, -0.2) is 9.18 Å². The Bertz CT molecular complexity index is 593. The van der Waals surface area contributed by atoms with Gasteiger partial charge < -0.3 is 10.1 Å². The third kappa shape index (κ3) is 3.34. The second kappa shape index (κ2) is 6.18. The van der Waals surface area contributed by atoms with E-state index in [1.807, 2.05) is 0 Å². The van der Waals surface area contributed by atoms with E-state index < -0.39 is 5.97 Å². The number of nitrogens with zero attached hydrogens (tertiary/aromatic N) is 2. The Labute approximate surface area is 116 Å². The Morgan fingerprint density at radius 2 is 2.10 bits per heavy atom. The average molecular weight is 277 g/mol. The molecule has 0 saturated carbocycles. The van der Waals surface area contributed by atoms with Gasteiger partial charge >= 0.3 is 5.97 Å². The van der Waals surface area contributed by atoms with Gasteiger partial charge in [-0.3, -0.25) is 4.68 Å². The molecule has 0 aliphatic heterocycles. The largest absolute Gasteiger partial charge is 0.461 e. The van der Waals surface area contributed by atoms with Gasteiger partial charge in [0.1, 0.15) is 11.6 Å². The van der Waals surface area contributed by atoms with Gasteiger partial charge in [0, 0.05) is 19.7 Å². The number of aryl methyl sites for hydroxylation is 1. The fourth-order valence-electron chi connectivity index (χ4n) is 1.73. The van der Waals surface area contributed by atoms with Crippen LogP contribution in [0.3, 0.4) is 0 Å². The predicted molar refractivity (Wildman–Crippen MR) is 72.9 cm³/mol. The second-order valence-electron chi connectivity index (χ2n) is 4.24. The molecule has 0 radical (unpaired) electrons. The number of nitrogens with one attached hydrogen (secondary N) is 1. The topological polar surface area (TPSA) is 56.1 Å². The molecule has 0 saturated heterocycles. The lowest BCUT2D eigenvalue weighted by Crippen LogP contribution is -2.06. The minimum Gasteiger partial charge on any atom is -0.461 e. The van der Waals surface area contributed by atoms with Crippen LogP contribution in [0.15, 0.2) is 30.3 Å². The van der Waals surface area contributed by atoms with Crippen molar-refractivity contribution in [1.82, 2.24) is 9.78 Å². The number of hydrogen-bond donors (Lipinski definition) is 1. The van der Waals surface area contributed by atoms with Crippen LogP contribution in [0.5, 0.6) is 0 Å². The molecule has 0 bridgehead atoms. The number of anilines is 1. The molecule has 0 aliphatic rings. The first-order chi connectivity index (χ1) is 9.60. The molecule has 1 aromatic heterocycles. The van der Waals surface area contributed by atoms with E-state index in [4.69, 9.17) is 4.74 Å². The van der Waals surface area contributed by atoms with Crippen molar-refractivity contribution in [1.29, 1.82) is 0 Å². The molecule has 5 nitrogen and oxygen atoms in total. The molecular weight excluding hydrogens is 261 g/mol. The third-order valence-corrected chi connectivity index (χ3v) is 2.75. The van der Waals surface area contributed by atoms with Crippen molar-refractivity contribution in [2.75, 3.05) is 11.9 Å². The van der Waals surface area contributed by atoms with Crippen molar-refractivity contribution >= 4 is 11.8 Å². The lowest BCUT2D eigenvalue weighted by molar-refractivity contribution is 0.0518. The van der Waals surface area contributed by atoms with Crippen molar-refractivity contribution in [2.24, 2.45) is 7.05 Å². The number of hydrogen-bond acceptors (Lipinski definition) is 4. The summed E-state index contributed by atoms with van der Waals surface area (Å²) in [6, 6.07) is 7.84. The number of ether oxygens (including phenoxy) is 1. The molecule has 2 aromatic rings. The minimum atomic E-state index is -0.446. The van der Waals surface area contributed by atoms with Crippen LogP contribution in [0.2, 0.25) is 0 Å². The first-order valence-corrected chi connectivity index (χ1v) is 6.29. The maximum atomic E-state index is 12.8. The van der Waals surface area contributed by atoms with E-state index in [1.165, 1.54) is 12.1 Å². The molecule has 0 aliphatic carbocycles. The SMILES string of the molecule is CCOC(=O)c1cc(NCc2ccc(F)cc2)n(C)n1. The lowest BCUT2D eigenvalue weighted by Gasteiger charge is -2.05. The fourth-order valence-corrected chi connectivity index (χ4v) is 1.73. The van der Waals surface area contributed by atoms with E-state index in [-0.39, 0.29) is 11.5 Å². The molecule has 0 spiro atoms. The van der Waals surface area contributed by atoms with Crippen molar-refractivity contribution in [2.45, 2.75) is 13.5 Å². The first kappa shape index (κ1) is 14.0. The normalized spacial score (nSPS) is 10.3. The van der Waals surface area contributed by atoms with Crippen LogP contribution in [-0.2, 0) is 18.3 Å². The van der Waals surface area contributed by atoms with Crippen molar-refractivity contribution in [3.8, 4) is 0 Å². The van der Waals surface area contributed by atoms with Crippen LogP contribution in [0.25, 0.3) is 0 Å². The zero-order valence-corrected chi connectivity index (χ0v) is 11.4. The third-order valence-electron chi connectivity index (χ3n) is 2.75. The molecule has 0 unspecified atom stereocenters. The van der Waals surface area contributed by atoms with Gasteiger partial charge in [-0.2, -0.15) is 5.10 Å². The maximum absolute atomic E-state index is 12.8. The summed E-state index contributed by atoms with van der Waals surface area (Å²) in [7, 11) is 1.73. The van der Waals surface area contributed by atoms with Crippen LogP contribution in [0.1, 0.15) is 23.0 Å². The van der Waals surface area contributed by atoms with Crippen molar-refractivity contribution in [3.63, 3.8) is 0 Å². The number of halogens is 1. The molecular formula is C14H16FN3O2. The van der Waals surface area contributed by atoms with Crippen LogP contribution in [-0.4, -0.2) is 22.4 Å². The standard InChI is InChI=1S/C14H16FN3O2/c1-3-20-14(19)12-8-13(18(2)17-12)16-9-10-4-6-11(15)7-5-10/h4-8,16H,3,9H2,1-2H3. The van der Waals surface area contributed by atoms with Crippen molar-refractivity contribution in [3.05, 3.63) is 47.4 Å². The predicted octanol–water partition coefficient (Wildman–Crippen LogP) is 2.35. The van der Waals surface area contributed by atoms with E-state index in [0.29, 0.717) is 19.0 Å². The number of carbonyl (C=O) groups is 1. The zero-order chi connectivity index (χ0) is 14.5. The molecule has 0 amide bonds. The summed E-state index contributed by atoms with van der Waals surface area (Å²) in [5.74, 6) is -0.0193. The summed E-state index contributed by atoms with van der Waals surface area (Å²) in [6.45, 7) is 2.57. The quantitative estimate of drug-likeness (QED) is 0.852. The summed E-state index contributed by atoms with van der Waals surface area (Å²) in [5.41, 5.74) is 1.20. The van der Waals surface area contributed by atoms with Crippen molar-refractivity contribution < 1.29 is 13.9 Å². The molecule has 106 valence electrons. The Kier molecular flexibility index (Phi) is 4.34. The Hall–Kier alpha value is -2.37. The summed E-state index contributed by atoms with van der Waals surface area (Å²) >= 11 is 0. The van der Waals surface area contributed by atoms with E-state index in [1.54, 1.807) is 36.9 Å². The Balaban J connectivity index is 2.02. The molecule has 1 aromatic carbocycles. The van der Waals surface area contributed by atoms with Crippen LogP contribution in [0.4, 0.5) is 10.2 Å². The second-order valence-corrected chi connectivity index (χ2v) is 4.24. The van der Waals surface area contributed by atoms with E-state index in [9.17, 15) is 9.18 Å². The Morgan fingerprint density at radius 1 is 1.40 bits per heavy atom. The monoisotopic (exact) mass is 277 g/mol. The highest BCUT2D eigenvalue weighted by atomic mass is 19.1. The lowest BCUT2D eigenvalue weighted by atomic mass is 10.2. The highest BCUT2D eigenvalue weighted by molar-refractivity contribution is 5.88. The van der Waals surface area contributed by atoms with E-state index in [0.717, 1.165) is 5.56 Å². The zero-order valence-electron chi connectivity index (χ0n) is 11.4. The molecule has 0 atom stereocenters. The molecule has 1 N–H and O–H groups in total. The van der Waals surface area contributed by atoms with Gasteiger partial charge in [0.05, 0.1) is 6.61 Å². The molecule has 1 heterocycles. The number of esters is 1. The number of rotatable bonds is 5. The average Bonchev–Trinajstić information content (AvgIpc) is 2.80. The molecule has 2 rings (SSSR count). The number of aromatic nitrogens is 2. The summed E-state index contributed by atoms with van der Waals surface area (Å²) in [5, 5.41) is 7.21. The summed E-state index contributed by atoms with van der Waals surface area (Å²) < 4.78 is 19.2. The van der Waals surface area contributed by atoms with Gasteiger partial charge in [0.2, 0.25) is 0 Å². The molecule has 0 fully saturated rings. The summed E-state index contributed by atoms with van der Waals surface area (Å²) in [4.78, 5) is 11.6. The number of benzene rings is 1. The first-order valence-electron chi connectivity index (χ1n) is 6.29.